The van der Waals surface area contributed by atoms with Crippen LogP contribution in [-0.2, 0) is 6.42 Å². The van der Waals surface area contributed by atoms with Crippen LogP contribution in [0.1, 0.15) is 27.6 Å². The Labute approximate surface area is 112 Å². The van der Waals surface area contributed by atoms with Crippen LogP contribution in [0.5, 0.6) is 0 Å². The van der Waals surface area contributed by atoms with Crippen molar-refractivity contribution < 1.29 is 9.90 Å². The summed E-state index contributed by atoms with van der Waals surface area (Å²) in [5.74, 6) is 2.24. The quantitative estimate of drug-likeness (QED) is 0.669. The molecule has 2 rings (SSSR count). The summed E-state index contributed by atoms with van der Waals surface area (Å²) in [4.78, 5) is 12.1. The molecule has 2 nitrogen and oxygen atoms in total. The third-order valence-corrected chi connectivity index (χ3v) is 2.91. The molecule has 0 saturated heterocycles. The Kier molecular flexibility index (Phi) is 4.12. The van der Waals surface area contributed by atoms with E-state index >= 15 is 0 Å². The highest BCUT2D eigenvalue weighted by molar-refractivity contribution is 5.99. The van der Waals surface area contributed by atoms with Crippen LogP contribution in [0, 0.1) is 12.3 Å². The van der Waals surface area contributed by atoms with Gasteiger partial charge in [-0.1, -0.05) is 54.6 Å². The van der Waals surface area contributed by atoms with Crippen LogP contribution < -0.4 is 0 Å². The molecule has 0 aliphatic heterocycles. The molecule has 0 fully saturated rings. The van der Waals surface area contributed by atoms with E-state index in [1.807, 2.05) is 18.2 Å². The highest BCUT2D eigenvalue weighted by atomic mass is 16.3. The Morgan fingerprint density at radius 3 is 2.32 bits per heavy atom. The standard InChI is InChI=1S/C17H14O2/c1-2-6-13-9-11-15(12-10-13)17(19)16(18)14-7-4-3-5-8-14/h1,3-5,7-12,16,18H,6H2. The molecule has 1 atom stereocenters. The van der Waals surface area contributed by atoms with Gasteiger partial charge in [0, 0.05) is 12.0 Å². The molecule has 0 radical (unpaired) electrons. The molecule has 1 unspecified atom stereocenters. The van der Waals surface area contributed by atoms with Gasteiger partial charge in [-0.05, 0) is 11.1 Å². The van der Waals surface area contributed by atoms with Crippen LogP contribution >= 0.6 is 0 Å². The Hall–Kier alpha value is -2.37. The molecule has 0 aliphatic carbocycles. The summed E-state index contributed by atoms with van der Waals surface area (Å²) in [6.07, 6.45) is 4.64. The summed E-state index contributed by atoms with van der Waals surface area (Å²) in [5.41, 5.74) is 2.06. The highest BCUT2D eigenvalue weighted by Crippen LogP contribution is 2.18. The molecule has 0 heterocycles. The van der Waals surface area contributed by atoms with Crippen molar-refractivity contribution in [1.29, 1.82) is 0 Å². The van der Waals surface area contributed by atoms with Crippen molar-refractivity contribution in [3.05, 3.63) is 71.3 Å². The van der Waals surface area contributed by atoms with Crippen LogP contribution in [0.4, 0.5) is 0 Å². The molecule has 0 spiro atoms. The zero-order valence-corrected chi connectivity index (χ0v) is 10.4. The summed E-state index contributed by atoms with van der Waals surface area (Å²) in [6, 6.07) is 15.9. The normalized spacial score (nSPS) is 11.6. The Balaban J connectivity index is 2.18. The minimum Gasteiger partial charge on any atom is -0.380 e. The number of Topliss-reactive ketones (excluding diaryl/α,β-unsaturated/α-hetero) is 1. The molecule has 94 valence electrons. The Morgan fingerprint density at radius 1 is 1.11 bits per heavy atom. The molecular weight excluding hydrogens is 236 g/mol. The molecule has 2 aromatic carbocycles. The minimum atomic E-state index is -1.13. The van der Waals surface area contributed by atoms with Crippen LogP contribution in [0.15, 0.2) is 54.6 Å². The molecule has 2 heteroatoms. The number of aliphatic hydroxyl groups excluding tert-OH is 1. The molecule has 19 heavy (non-hydrogen) atoms. The van der Waals surface area contributed by atoms with Crippen molar-refractivity contribution in [2.45, 2.75) is 12.5 Å². The van der Waals surface area contributed by atoms with Crippen molar-refractivity contribution >= 4 is 5.78 Å². The number of benzene rings is 2. The van der Waals surface area contributed by atoms with Gasteiger partial charge >= 0.3 is 0 Å². The van der Waals surface area contributed by atoms with Gasteiger partial charge in [0.2, 0.25) is 0 Å². The van der Waals surface area contributed by atoms with E-state index in [1.165, 1.54) is 0 Å². The first kappa shape index (κ1) is 13.1. The molecular formula is C17H14O2. The van der Waals surface area contributed by atoms with E-state index in [1.54, 1.807) is 36.4 Å². The number of aliphatic hydroxyl groups is 1. The number of terminal acetylenes is 1. The molecule has 0 aliphatic rings. The largest absolute Gasteiger partial charge is 0.380 e. The number of hydrogen-bond acceptors (Lipinski definition) is 2. The second-order valence-corrected chi connectivity index (χ2v) is 4.26. The lowest BCUT2D eigenvalue weighted by Gasteiger charge is -2.10. The van der Waals surface area contributed by atoms with Gasteiger partial charge in [-0.2, -0.15) is 0 Å². The molecule has 0 aromatic heterocycles. The van der Waals surface area contributed by atoms with Crippen molar-refractivity contribution in [1.82, 2.24) is 0 Å². The second kappa shape index (κ2) is 5.99. The van der Waals surface area contributed by atoms with E-state index in [0.29, 0.717) is 17.5 Å². The van der Waals surface area contributed by atoms with E-state index in [2.05, 4.69) is 5.92 Å². The number of hydrogen-bond donors (Lipinski definition) is 1. The van der Waals surface area contributed by atoms with E-state index in [-0.39, 0.29) is 5.78 Å². The highest BCUT2D eigenvalue weighted by Gasteiger charge is 2.18. The van der Waals surface area contributed by atoms with E-state index in [4.69, 9.17) is 6.42 Å². The average Bonchev–Trinajstić information content (AvgIpc) is 2.48. The van der Waals surface area contributed by atoms with Gasteiger partial charge < -0.3 is 5.11 Å². The topological polar surface area (TPSA) is 37.3 Å². The fourth-order valence-electron chi connectivity index (χ4n) is 1.85. The second-order valence-electron chi connectivity index (χ2n) is 4.26. The van der Waals surface area contributed by atoms with Gasteiger partial charge in [0.05, 0.1) is 0 Å². The van der Waals surface area contributed by atoms with Crippen LogP contribution in [0.3, 0.4) is 0 Å². The summed E-state index contributed by atoms with van der Waals surface area (Å²) in [7, 11) is 0. The summed E-state index contributed by atoms with van der Waals surface area (Å²) >= 11 is 0. The van der Waals surface area contributed by atoms with Gasteiger partial charge in [0.15, 0.2) is 5.78 Å². The maximum atomic E-state index is 12.1. The predicted octanol–water partition coefficient (Wildman–Crippen LogP) is 2.78. The van der Waals surface area contributed by atoms with Gasteiger partial charge in [-0.3, -0.25) is 4.79 Å². The first-order chi connectivity index (χ1) is 9.22. The number of rotatable bonds is 4. The zero-order chi connectivity index (χ0) is 13.7. The van der Waals surface area contributed by atoms with Crippen LogP contribution in [0.25, 0.3) is 0 Å². The molecule has 0 saturated carbocycles. The average molecular weight is 250 g/mol. The zero-order valence-electron chi connectivity index (χ0n) is 10.4. The van der Waals surface area contributed by atoms with Crippen molar-refractivity contribution in [3.63, 3.8) is 0 Å². The summed E-state index contributed by atoms with van der Waals surface area (Å²) in [6.45, 7) is 0. The van der Waals surface area contributed by atoms with Crippen molar-refractivity contribution in [2.24, 2.45) is 0 Å². The minimum absolute atomic E-state index is 0.307. The van der Waals surface area contributed by atoms with Gasteiger partial charge in [-0.25, -0.2) is 0 Å². The van der Waals surface area contributed by atoms with E-state index < -0.39 is 6.10 Å². The smallest absolute Gasteiger partial charge is 0.195 e. The lowest BCUT2D eigenvalue weighted by molar-refractivity contribution is 0.0747. The van der Waals surface area contributed by atoms with E-state index in [0.717, 1.165) is 5.56 Å². The van der Waals surface area contributed by atoms with Gasteiger partial charge in [-0.15, -0.1) is 12.3 Å². The third-order valence-electron chi connectivity index (χ3n) is 2.91. The predicted molar refractivity (Wildman–Crippen MR) is 74.7 cm³/mol. The van der Waals surface area contributed by atoms with Gasteiger partial charge in [0.1, 0.15) is 6.10 Å². The van der Waals surface area contributed by atoms with Gasteiger partial charge in [0.25, 0.3) is 0 Å². The molecule has 0 amide bonds. The number of carbonyl (C=O) groups excluding carboxylic acids is 1. The third kappa shape index (κ3) is 3.09. The first-order valence-electron chi connectivity index (χ1n) is 6.02. The first-order valence-corrected chi connectivity index (χ1v) is 6.02. The fraction of sp³-hybridized carbons (Fsp3) is 0.118. The van der Waals surface area contributed by atoms with Crippen LogP contribution in [-0.4, -0.2) is 10.9 Å². The van der Waals surface area contributed by atoms with Crippen molar-refractivity contribution in [3.8, 4) is 12.3 Å². The maximum Gasteiger partial charge on any atom is 0.195 e. The lowest BCUT2D eigenvalue weighted by atomic mass is 9.99. The van der Waals surface area contributed by atoms with Crippen molar-refractivity contribution in [2.75, 3.05) is 0 Å². The van der Waals surface area contributed by atoms with E-state index in [9.17, 15) is 9.90 Å². The monoisotopic (exact) mass is 250 g/mol. The lowest BCUT2D eigenvalue weighted by Crippen LogP contribution is -2.12. The fourth-order valence-corrected chi connectivity index (χ4v) is 1.85. The van der Waals surface area contributed by atoms with Crippen LogP contribution in [0.2, 0.25) is 0 Å². The maximum absolute atomic E-state index is 12.1. The molecule has 1 N–H and O–H groups in total. The Bertz CT molecular complexity index is 591. The summed E-state index contributed by atoms with van der Waals surface area (Å²) in [5, 5.41) is 10.0. The number of ketones is 1. The molecule has 2 aromatic rings. The molecule has 0 bridgehead atoms. The SMILES string of the molecule is C#CCc1ccc(C(=O)C(O)c2ccccc2)cc1. The Morgan fingerprint density at radius 2 is 1.74 bits per heavy atom. The summed E-state index contributed by atoms with van der Waals surface area (Å²) < 4.78 is 0. The number of carbonyl (C=O) groups is 1.